The van der Waals surface area contributed by atoms with Gasteiger partial charge in [-0.3, -0.25) is 9.69 Å². The van der Waals surface area contributed by atoms with E-state index in [1.807, 2.05) is 35.2 Å². The molecule has 3 rings (SSSR count). The van der Waals surface area contributed by atoms with Crippen LogP contribution in [0.25, 0.3) is 0 Å². The third kappa shape index (κ3) is 2.93. The SMILES string of the molecule is CC(C)(O)N1C=CC2=NC(C(=O)Nc3ccccc3)=C[N+]2C1. The Morgan fingerprint density at radius 3 is 2.77 bits per heavy atom. The summed E-state index contributed by atoms with van der Waals surface area (Å²) in [6, 6.07) is 9.25. The lowest BCUT2D eigenvalue weighted by atomic mass is 10.2. The molecule has 1 radical (unpaired) electrons. The first-order valence-corrected chi connectivity index (χ1v) is 7.04. The number of aliphatic hydroxyl groups is 1. The minimum absolute atomic E-state index is 0.253. The number of carbonyl (C=O) groups is 1. The van der Waals surface area contributed by atoms with E-state index in [0.717, 1.165) is 5.69 Å². The van der Waals surface area contributed by atoms with Gasteiger partial charge in [0, 0.05) is 18.0 Å². The average molecular weight is 298 g/mol. The summed E-state index contributed by atoms with van der Waals surface area (Å²) in [5.74, 6) is 0.440. The molecule has 0 saturated carbocycles. The third-order valence-electron chi connectivity index (χ3n) is 3.48. The quantitative estimate of drug-likeness (QED) is 0.831. The second kappa shape index (κ2) is 5.40. The maximum absolute atomic E-state index is 12.2. The maximum Gasteiger partial charge on any atom is 0.285 e. The second-order valence-electron chi connectivity index (χ2n) is 5.70. The first-order valence-electron chi connectivity index (χ1n) is 7.04. The molecule has 0 bridgehead atoms. The molecular weight excluding hydrogens is 280 g/mol. The Bertz CT molecular complexity index is 671. The molecule has 1 aromatic rings. The monoisotopic (exact) mass is 298 g/mol. The standard InChI is InChI=1S/C16H18N4O2/c1-16(2,22)20-9-8-14-18-13(10-19(14)11-20)15(21)17-12-6-4-3-5-7-12/h3-10,22H,11H2,1-2H3,(H,17,21)/q+1. The first kappa shape index (κ1) is 14.5. The van der Waals surface area contributed by atoms with E-state index in [0.29, 0.717) is 18.2 Å². The highest BCUT2D eigenvalue weighted by molar-refractivity contribution is 6.10. The van der Waals surface area contributed by atoms with Gasteiger partial charge in [-0.2, -0.15) is 4.99 Å². The molecule has 0 aromatic heterocycles. The predicted molar refractivity (Wildman–Crippen MR) is 84.9 cm³/mol. The zero-order valence-corrected chi connectivity index (χ0v) is 12.5. The summed E-state index contributed by atoms with van der Waals surface area (Å²) < 4.78 is 0. The van der Waals surface area contributed by atoms with Crippen molar-refractivity contribution in [3.63, 3.8) is 0 Å². The Morgan fingerprint density at radius 2 is 2.09 bits per heavy atom. The van der Waals surface area contributed by atoms with Gasteiger partial charge in [0.05, 0.1) is 0 Å². The molecule has 6 nitrogen and oxygen atoms in total. The van der Waals surface area contributed by atoms with Gasteiger partial charge in [0.15, 0.2) is 11.9 Å². The van der Waals surface area contributed by atoms with Gasteiger partial charge in [-0.1, -0.05) is 23.1 Å². The van der Waals surface area contributed by atoms with Gasteiger partial charge in [-0.05, 0) is 26.0 Å². The molecule has 1 aromatic carbocycles. The number of hydrogen-bond acceptors (Lipinski definition) is 5. The Morgan fingerprint density at radius 1 is 1.36 bits per heavy atom. The van der Waals surface area contributed by atoms with Gasteiger partial charge in [0.25, 0.3) is 11.7 Å². The van der Waals surface area contributed by atoms with Gasteiger partial charge in [0.1, 0.15) is 5.72 Å². The van der Waals surface area contributed by atoms with Crippen LogP contribution in [0.4, 0.5) is 5.69 Å². The van der Waals surface area contributed by atoms with Gasteiger partial charge in [0.2, 0.25) is 6.67 Å². The minimum atomic E-state index is -0.967. The van der Waals surface area contributed by atoms with Crippen LogP contribution in [-0.4, -0.2) is 34.1 Å². The molecule has 2 aliphatic rings. The summed E-state index contributed by atoms with van der Waals surface area (Å²) in [5, 5.41) is 12.8. The summed E-state index contributed by atoms with van der Waals surface area (Å²) in [4.78, 5) is 20.2. The first-order chi connectivity index (χ1) is 10.4. The molecule has 2 heterocycles. The number of amidine groups is 1. The molecule has 0 spiro atoms. The maximum atomic E-state index is 12.2. The van der Waals surface area contributed by atoms with Crippen molar-refractivity contribution in [1.82, 2.24) is 9.80 Å². The molecule has 1 amide bonds. The van der Waals surface area contributed by atoms with Crippen LogP contribution < -0.4 is 10.2 Å². The van der Waals surface area contributed by atoms with Crippen molar-refractivity contribution in [3.05, 3.63) is 54.5 Å². The number of hydrogen-bond donors (Lipinski definition) is 2. The average Bonchev–Trinajstić information content (AvgIpc) is 2.90. The Hall–Kier alpha value is -2.44. The van der Waals surface area contributed by atoms with Crippen molar-refractivity contribution in [2.45, 2.75) is 19.6 Å². The van der Waals surface area contributed by atoms with E-state index >= 15 is 0 Å². The Balaban J connectivity index is 1.73. The third-order valence-corrected chi connectivity index (χ3v) is 3.48. The number of para-hydroxylation sites is 1. The summed E-state index contributed by atoms with van der Waals surface area (Å²) in [7, 11) is 0. The topological polar surface area (TPSA) is 70.8 Å². The van der Waals surface area contributed by atoms with E-state index in [4.69, 9.17) is 0 Å². The number of rotatable bonds is 3. The van der Waals surface area contributed by atoms with Gasteiger partial charge in [-0.15, -0.1) is 0 Å². The van der Waals surface area contributed by atoms with Crippen LogP contribution in [-0.2, 0) is 4.79 Å². The fraction of sp³-hybridized carbons (Fsp3) is 0.250. The van der Waals surface area contributed by atoms with Gasteiger partial charge in [-0.25, -0.2) is 0 Å². The minimum Gasteiger partial charge on any atom is -0.371 e. The lowest BCUT2D eigenvalue weighted by Gasteiger charge is -2.32. The molecule has 0 aliphatic carbocycles. The highest BCUT2D eigenvalue weighted by atomic mass is 16.3. The van der Waals surface area contributed by atoms with Crippen LogP contribution in [0.1, 0.15) is 13.8 Å². The van der Waals surface area contributed by atoms with Crippen LogP contribution in [0.5, 0.6) is 0 Å². The number of fused-ring (bicyclic) bond motifs is 1. The zero-order chi connectivity index (χ0) is 15.7. The van der Waals surface area contributed by atoms with Crippen molar-refractivity contribution in [2.24, 2.45) is 4.99 Å². The second-order valence-corrected chi connectivity index (χ2v) is 5.70. The van der Waals surface area contributed by atoms with Crippen LogP contribution in [0.3, 0.4) is 0 Å². The van der Waals surface area contributed by atoms with E-state index in [1.165, 1.54) is 0 Å². The fourth-order valence-electron chi connectivity index (χ4n) is 2.23. The summed E-state index contributed by atoms with van der Waals surface area (Å²) in [5.41, 5.74) is 0.110. The number of aliphatic imine (C=N–C) groups is 1. The molecule has 2 aliphatic heterocycles. The van der Waals surface area contributed by atoms with E-state index < -0.39 is 5.72 Å². The van der Waals surface area contributed by atoms with Crippen molar-refractivity contribution < 1.29 is 9.90 Å². The van der Waals surface area contributed by atoms with Crippen molar-refractivity contribution in [2.75, 3.05) is 12.0 Å². The molecule has 0 saturated heterocycles. The van der Waals surface area contributed by atoms with Crippen molar-refractivity contribution in [3.8, 4) is 0 Å². The predicted octanol–water partition coefficient (Wildman–Crippen LogP) is 1.53. The highest BCUT2D eigenvalue weighted by Gasteiger charge is 2.38. The molecule has 0 fully saturated rings. The van der Waals surface area contributed by atoms with Crippen LogP contribution in [0.2, 0.25) is 0 Å². The van der Waals surface area contributed by atoms with Crippen molar-refractivity contribution >= 4 is 17.4 Å². The normalized spacial score (nSPS) is 17.9. The molecule has 0 atom stereocenters. The van der Waals surface area contributed by atoms with E-state index in [2.05, 4.69) is 10.3 Å². The van der Waals surface area contributed by atoms with Crippen LogP contribution in [0.15, 0.2) is 59.5 Å². The summed E-state index contributed by atoms with van der Waals surface area (Å²) in [6.45, 7) is 3.87. The number of nitrogens with one attached hydrogen (secondary N) is 1. The van der Waals surface area contributed by atoms with Gasteiger partial charge < -0.3 is 10.4 Å². The van der Waals surface area contributed by atoms with E-state index in [-0.39, 0.29) is 5.91 Å². The number of benzene rings is 1. The number of nitrogens with zero attached hydrogens (tertiary/aromatic N) is 3. The Kier molecular flexibility index (Phi) is 3.56. The van der Waals surface area contributed by atoms with E-state index in [9.17, 15) is 9.90 Å². The van der Waals surface area contributed by atoms with Crippen LogP contribution in [0, 0.1) is 0 Å². The molecule has 2 N–H and O–H groups in total. The summed E-state index contributed by atoms with van der Waals surface area (Å²) in [6.07, 6.45) is 5.25. The van der Waals surface area contributed by atoms with Crippen LogP contribution >= 0.6 is 0 Å². The smallest absolute Gasteiger partial charge is 0.285 e. The zero-order valence-electron chi connectivity index (χ0n) is 12.5. The molecular formula is C16H18N4O2+. The van der Waals surface area contributed by atoms with E-state index in [1.54, 1.807) is 37.2 Å². The number of amides is 1. The van der Waals surface area contributed by atoms with Crippen molar-refractivity contribution in [1.29, 1.82) is 0 Å². The Labute approximate surface area is 129 Å². The molecule has 113 valence electrons. The number of carbonyl (C=O) groups excluding carboxylic acids is 1. The molecule has 6 heteroatoms. The molecule has 22 heavy (non-hydrogen) atoms. The van der Waals surface area contributed by atoms with Gasteiger partial charge >= 0.3 is 0 Å². The fourth-order valence-corrected chi connectivity index (χ4v) is 2.23. The lowest BCUT2D eigenvalue weighted by molar-refractivity contribution is -0.112. The summed E-state index contributed by atoms with van der Waals surface area (Å²) >= 11 is 0. The largest absolute Gasteiger partial charge is 0.371 e. The number of anilines is 1. The highest BCUT2D eigenvalue weighted by Crippen LogP contribution is 2.20. The molecule has 0 unspecified atom stereocenters. The lowest BCUT2D eigenvalue weighted by Crippen LogP contribution is -2.50.